The van der Waals surface area contributed by atoms with Crippen molar-refractivity contribution in [2.24, 2.45) is 0 Å². The summed E-state index contributed by atoms with van der Waals surface area (Å²) in [6.07, 6.45) is 2.51. The SMILES string of the molecule is O=C(O)N1CCC[C@H](Nc2cc(CN3CCOCC3)cc(Nc3ncc(-c4nnc(-c5ccccc5)o4)s3)n2)C1. The molecule has 0 bridgehead atoms. The quantitative estimate of drug-likeness (QED) is 0.281. The number of benzene rings is 1. The van der Waals surface area contributed by atoms with Crippen LogP contribution in [0.15, 0.2) is 53.1 Å². The van der Waals surface area contributed by atoms with E-state index in [2.05, 4.69) is 30.7 Å². The third-order valence-electron chi connectivity index (χ3n) is 6.84. The zero-order valence-corrected chi connectivity index (χ0v) is 22.6. The lowest BCUT2D eigenvalue weighted by atomic mass is 10.1. The highest BCUT2D eigenvalue weighted by Crippen LogP contribution is 2.32. The van der Waals surface area contributed by atoms with E-state index in [4.69, 9.17) is 14.1 Å². The Morgan fingerprint density at radius 1 is 1.07 bits per heavy atom. The minimum atomic E-state index is -0.889. The summed E-state index contributed by atoms with van der Waals surface area (Å²) in [5.41, 5.74) is 1.95. The highest BCUT2D eigenvalue weighted by atomic mass is 32.1. The molecule has 2 aliphatic heterocycles. The van der Waals surface area contributed by atoms with Gasteiger partial charge in [0.15, 0.2) is 5.13 Å². The van der Waals surface area contributed by atoms with Crippen molar-refractivity contribution < 1.29 is 19.1 Å². The molecule has 1 amide bonds. The van der Waals surface area contributed by atoms with Crippen LogP contribution >= 0.6 is 11.3 Å². The van der Waals surface area contributed by atoms with Crippen LogP contribution in [0.25, 0.3) is 22.2 Å². The predicted molar refractivity (Wildman–Crippen MR) is 151 cm³/mol. The summed E-state index contributed by atoms with van der Waals surface area (Å²) in [4.78, 5) is 25.4. The lowest BCUT2D eigenvalue weighted by molar-refractivity contribution is 0.0342. The molecule has 4 aromatic rings. The fourth-order valence-corrected chi connectivity index (χ4v) is 5.62. The molecule has 2 aliphatic rings. The van der Waals surface area contributed by atoms with Crippen LogP contribution in [0.5, 0.6) is 0 Å². The van der Waals surface area contributed by atoms with Gasteiger partial charge in [0.2, 0.25) is 5.89 Å². The third-order valence-corrected chi connectivity index (χ3v) is 7.74. The Bertz CT molecular complexity index is 1440. The Hall–Kier alpha value is -4.07. The molecule has 3 aromatic heterocycles. The molecule has 1 atom stereocenters. The molecule has 1 aromatic carbocycles. The molecule has 40 heavy (non-hydrogen) atoms. The van der Waals surface area contributed by atoms with Gasteiger partial charge in [0.25, 0.3) is 5.89 Å². The summed E-state index contributed by atoms with van der Waals surface area (Å²) in [6.45, 7) is 4.93. The third kappa shape index (κ3) is 6.38. The van der Waals surface area contributed by atoms with Crippen LogP contribution in [0, 0.1) is 0 Å². The standard InChI is InChI=1S/C27H30N8O4S/c36-27(37)35-8-4-7-20(17-35)29-22-13-18(16-34-9-11-38-12-10-34)14-23(30-22)31-26-28-15-21(40-26)25-33-32-24(39-25)19-5-2-1-3-6-19/h1-3,5-6,13-15,20H,4,7-12,16-17H2,(H,36,37)(H2,28,29,30,31)/t20-/m0/s1. The van der Waals surface area contributed by atoms with E-state index in [1.165, 1.54) is 16.2 Å². The van der Waals surface area contributed by atoms with Gasteiger partial charge in [-0.3, -0.25) is 4.90 Å². The summed E-state index contributed by atoms with van der Waals surface area (Å²) in [6, 6.07) is 13.7. The van der Waals surface area contributed by atoms with Gasteiger partial charge in [0, 0.05) is 44.3 Å². The zero-order valence-electron chi connectivity index (χ0n) is 21.8. The second-order valence-corrected chi connectivity index (χ2v) is 10.8. The Balaban J connectivity index is 1.20. The summed E-state index contributed by atoms with van der Waals surface area (Å²) < 4.78 is 11.4. The minimum absolute atomic E-state index is 0.00774. The number of anilines is 3. The molecule has 0 radical (unpaired) electrons. The smallest absolute Gasteiger partial charge is 0.407 e. The number of aromatic nitrogens is 4. The van der Waals surface area contributed by atoms with Crippen molar-refractivity contribution in [1.29, 1.82) is 0 Å². The minimum Gasteiger partial charge on any atom is -0.465 e. The number of ether oxygens (including phenoxy) is 1. The number of piperidine rings is 1. The topological polar surface area (TPSA) is 142 Å². The van der Waals surface area contributed by atoms with Crippen molar-refractivity contribution in [3.05, 3.63) is 54.2 Å². The second kappa shape index (κ2) is 12.0. The normalized spacial score (nSPS) is 18.0. The summed E-state index contributed by atoms with van der Waals surface area (Å²) in [5.74, 6) is 2.21. The molecule has 0 unspecified atom stereocenters. The zero-order chi connectivity index (χ0) is 27.3. The van der Waals surface area contributed by atoms with Crippen LogP contribution in [-0.4, -0.2) is 86.6 Å². The van der Waals surface area contributed by atoms with Crippen molar-refractivity contribution in [1.82, 2.24) is 30.0 Å². The van der Waals surface area contributed by atoms with Crippen LogP contribution in [0.1, 0.15) is 18.4 Å². The van der Waals surface area contributed by atoms with Crippen LogP contribution < -0.4 is 10.6 Å². The van der Waals surface area contributed by atoms with Gasteiger partial charge in [-0.2, -0.15) is 0 Å². The largest absolute Gasteiger partial charge is 0.465 e. The van der Waals surface area contributed by atoms with Gasteiger partial charge >= 0.3 is 6.09 Å². The van der Waals surface area contributed by atoms with E-state index in [-0.39, 0.29) is 6.04 Å². The second-order valence-electron chi connectivity index (χ2n) is 9.78. The van der Waals surface area contributed by atoms with E-state index in [1.54, 1.807) is 6.20 Å². The van der Waals surface area contributed by atoms with Crippen LogP contribution in [0.4, 0.5) is 21.6 Å². The van der Waals surface area contributed by atoms with E-state index in [0.717, 1.165) is 61.7 Å². The molecule has 0 spiro atoms. The first-order valence-corrected chi connectivity index (χ1v) is 14.1. The first-order valence-electron chi connectivity index (χ1n) is 13.3. The molecule has 0 aliphatic carbocycles. The Kier molecular flexibility index (Phi) is 7.84. The Morgan fingerprint density at radius 3 is 2.70 bits per heavy atom. The number of amides is 1. The Labute approximate surface area is 235 Å². The number of pyridine rings is 1. The molecular formula is C27H30N8O4S. The van der Waals surface area contributed by atoms with Crippen LogP contribution in [0.2, 0.25) is 0 Å². The van der Waals surface area contributed by atoms with E-state index in [0.29, 0.717) is 41.6 Å². The maximum absolute atomic E-state index is 11.5. The average Bonchev–Trinajstić information content (AvgIpc) is 3.64. The van der Waals surface area contributed by atoms with Crippen LogP contribution in [-0.2, 0) is 11.3 Å². The Morgan fingerprint density at radius 2 is 1.88 bits per heavy atom. The van der Waals surface area contributed by atoms with Gasteiger partial charge in [-0.05, 0) is 42.7 Å². The number of rotatable bonds is 8. The fourth-order valence-electron chi connectivity index (χ4n) is 4.87. The molecule has 208 valence electrons. The molecule has 3 N–H and O–H groups in total. The lowest BCUT2D eigenvalue weighted by Gasteiger charge is -2.31. The summed E-state index contributed by atoms with van der Waals surface area (Å²) in [7, 11) is 0. The van der Waals surface area contributed by atoms with Gasteiger partial charge in [0.1, 0.15) is 16.5 Å². The molecule has 13 heteroatoms. The maximum Gasteiger partial charge on any atom is 0.407 e. The van der Waals surface area contributed by atoms with E-state index < -0.39 is 6.09 Å². The van der Waals surface area contributed by atoms with Crippen LogP contribution in [0.3, 0.4) is 0 Å². The highest BCUT2D eigenvalue weighted by molar-refractivity contribution is 7.18. The van der Waals surface area contributed by atoms with E-state index >= 15 is 0 Å². The molecular weight excluding hydrogens is 532 g/mol. The number of carboxylic acid groups (broad SMARTS) is 1. The average molecular weight is 563 g/mol. The van der Waals surface area contributed by atoms with Crippen molar-refractivity contribution >= 4 is 34.2 Å². The molecule has 6 rings (SSSR count). The number of nitrogens with one attached hydrogen (secondary N) is 2. The van der Waals surface area contributed by atoms with Gasteiger partial charge in [0.05, 0.1) is 19.4 Å². The van der Waals surface area contributed by atoms with E-state index in [9.17, 15) is 9.90 Å². The molecule has 2 saturated heterocycles. The van der Waals surface area contributed by atoms with Crippen molar-refractivity contribution in [3.63, 3.8) is 0 Å². The van der Waals surface area contributed by atoms with Crippen molar-refractivity contribution in [3.8, 4) is 22.2 Å². The van der Waals surface area contributed by atoms with Gasteiger partial charge in [-0.1, -0.05) is 29.5 Å². The van der Waals surface area contributed by atoms with Crippen molar-refractivity contribution in [2.45, 2.75) is 25.4 Å². The predicted octanol–water partition coefficient (Wildman–Crippen LogP) is 4.39. The number of likely N-dealkylation sites (tertiary alicyclic amines) is 1. The molecule has 5 heterocycles. The lowest BCUT2D eigenvalue weighted by Crippen LogP contribution is -2.44. The number of hydrogen-bond donors (Lipinski definition) is 3. The summed E-state index contributed by atoms with van der Waals surface area (Å²) in [5, 5.41) is 25.3. The molecule has 2 fully saturated rings. The number of thiazole rings is 1. The molecule has 0 saturated carbocycles. The first-order chi connectivity index (χ1) is 19.6. The number of carbonyl (C=O) groups is 1. The number of hydrogen-bond acceptors (Lipinski definition) is 11. The number of nitrogens with zero attached hydrogens (tertiary/aromatic N) is 6. The fraction of sp³-hybridized carbons (Fsp3) is 0.370. The number of morpholine rings is 1. The van der Waals surface area contributed by atoms with Gasteiger partial charge in [-0.25, -0.2) is 14.8 Å². The monoisotopic (exact) mass is 562 g/mol. The van der Waals surface area contributed by atoms with Gasteiger partial charge < -0.3 is 29.8 Å². The highest BCUT2D eigenvalue weighted by Gasteiger charge is 2.24. The summed E-state index contributed by atoms with van der Waals surface area (Å²) >= 11 is 1.40. The first kappa shape index (κ1) is 26.2. The van der Waals surface area contributed by atoms with Crippen molar-refractivity contribution in [2.75, 3.05) is 50.0 Å². The maximum atomic E-state index is 11.5. The molecule has 12 nitrogen and oxygen atoms in total. The van der Waals surface area contributed by atoms with E-state index in [1.807, 2.05) is 42.5 Å². The van der Waals surface area contributed by atoms with Gasteiger partial charge in [-0.15, -0.1) is 10.2 Å².